The Balaban J connectivity index is 1.23. The van der Waals surface area contributed by atoms with Gasteiger partial charge in [-0.1, -0.05) is 54.6 Å². The van der Waals surface area contributed by atoms with Gasteiger partial charge in [0.25, 0.3) is 0 Å². The first kappa shape index (κ1) is 22.6. The average molecular weight is 417 g/mol. The van der Waals surface area contributed by atoms with E-state index in [9.17, 15) is 0 Å². The van der Waals surface area contributed by atoms with Crippen LogP contribution in [0.1, 0.15) is 94.6 Å². The lowest BCUT2D eigenvalue weighted by Crippen LogP contribution is -2.28. The molecule has 0 heterocycles. The second kappa shape index (κ2) is 11.3. The molecular weight excluding hydrogens is 372 g/mol. The Labute approximate surface area is 191 Å². The summed E-state index contributed by atoms with van der Waals surface area (Å²) in [4.78, 5) is 0. The van der Waals surface area contributed by atoms with Crippen LogP contribution >= 0.6 is 0 Å². The summed E-state index contributed by atoms with van der Waals surface area (Å²) in [5.74, 6) is 5.36. The van der Waals surface area contributed by atoms with Crippen LogP contribution in [-0.4, -0.2) is 0 Å². The highest BCUT2D eigenvalue weighted by Gasteiger charge is 2.33. The van der Waals surface area contributed by atoms with Gasteiger partial charge in [0.1, 0.15) is 0 Å². The van der Waals surface area contributed by atoms with Crippen molar-refractivity contribution in [2.45, 2.75) is 89.9 Å². The number of rotatable bonds is 7. The van der Waals surface area contributed by atoms with Crippen LogP contribution in [-0.2, 0) is 6.42 Å². The van der Waals surface area contributed by atoms with Crippen molar-refractivity contribution in [2.24, 2.45) is 29.6 Å². The summed E-state index contributed by atoms with van der Waals surface area (Å²) < 4.78 is 0. The van der Waals surface area contributed by atoms with Gasteiger partial charge in [-0.3, -0.25) is 0 Å². The molecule has 1 aromatic rings. The normalized spacial score (nSPS) is 34.1. The molecule has 0 amide bonds. The minimum absolute atomic E-state index is 0.633. The maximum absolute atomic E-state index is 3.84. The summed E-state index contributed by atoms with van der Waals surface area (Å²) in [6, 6.07) is 9.38. The number of hydrogen-bond donors (Lipinski definition) is 0. The van der Waals surface area contributed by atoms with Gasteiger partial charge in [0.2, 0.25) is 0 Å². The number of aryl methyl sites for hydroxylation is 1. The minimum Gasteiger partial charge on any atom is -0.103 e. The average Bonchev–Trinajstić information content (AvgIpc) is 2.84. The monoisotopic (exact) mass is 416 g/mol. The van der Waals surface area contributed by atoms with E-state index in [-0.39, 0.29) is 0 Å². The van der Waals surface area contributed by atoms with Crippen molar-refractivity contribution in [2.75, 3.05) is 0 Å². The summed E-state index contributed by atoms with van der Waals surface area (Å²) in [6.45, 7) is 6.01. The molecule has 31 heavy (non-hydrogen) atoms. The fourth-order valence-corrected chi connectivity index (χ4v) is 6.84. The van der Waals surface area contributed by atoms with Crippen molar-refractivity contribution in [3.63, 3.8) is 0 Å². The topological polar surface area (TPSA) is 0 Å². The third-order valence-corrected chi connectivity index (χ3v) is 8.82. The predicted octanol–water partition coefficient (Wildman–Crippen LogP) is 9.04. The molecular formula is C31H44. The molecule has 4 rings (SSSR count). The largest absolute Gasteiger partial charge is 0.103 e. The van der Waals surface area contributed by atoms with Crippen molar-refractivity contribution in [1.29, 1.82) is 0 Å². The van der Waals surface area contributed by atoms with Crippen LogP contribution in [0.5, 0.6) is 0 Å². The van der Waals surface area contributed by atoms with Gasteiger partial charge in [-0.2, -0.15) is 0 Å². The van der Waals surface area contributed by atoms with E-state index in [0.717, 1.165) is 42.4 Å². The Hall–Kier alpha value is -1.56. The molecule has 2 atom stereocenters. The van der Waals surface area contributed by atoms with Crippen LogP contribution in [0.3, 0.4) is 0 Å². The van der Waals surface area contributed by atoms with Crippen LogP contribution in [0.15, 0.2) is 61.2 Å². The molecule has 0 aromatic heterocycles. The number of benzene rings is 1. The van der Waals surface area contributed by atoms with Gasteiger partial charge in [0, 0.05) is 5.92 Å². The van der Waals surface area contributed by atoms with E-state index in [1.54, 1.807) is 0 Å². The standard InChI is InChI=1S/C31H44/c1-3-5-7-25-10-14-27(15-11-25)29-18-22-31(23-19-29)30-20-16-28(17-21-30)26-12-8-24(6-4-2)9-13-26/h3-4,6,10-11,14-15,18,22,24,26,28-31H,1,5,7-9,12-13,16-17,19-21,23H2,2H3/b6-4+. The van der Waals surface area contributed by atoms with Crippen molar-refractivity contribution >= 4 is 0 Å². The predicted molar refractivity (Wildman–Crippen MR) is 135 cm³/mol. The van der Waals surface area contributed by atoms with Crippen molar-refractivity contribution in [3.8, 4) is 0 Å². The first-order chi connectivity index (χ1) is 15.3. The molecule has 2 fully saturated rings. The molecule has 0 nitrogen and oxygen atoms in total. The van der Waals surface area contributed by atoms with E-state index < -0.39 is 0 Å². The van der Waals surface area contributed by atoms with Crippen molar-refractivity contribution in [1.82, 2.24) is 0 Å². The third kappa shape index (κ3) is 6.03. The van der Waals surface area contributed by atoms with E-state index in [0.29, 0.717) is 5.92 Å². The Morgan fingerprint density at radius 1 is 0.774 bits per heavy atom. The molecule has 0 N–H and O–H groups in total. The Morgan fingerprint density at radius 3 is 2.00 bits per heavy atom. The van der Waals surface area contributed by atoms with Crippen LogP contribution in [0.4, 0.5) is 0 Å². The molecule has 2 saturated carbocycles. The Bertz CT molecular complexity index is 720. The van der Waals surface area contributed by atoms with Crippen LogP contribution in [0.25, 0.3) is 0 Å². The summed E-state index contributed by atoms with van der Waals surface area (Å²) in [5.41, 5.74) is 2.95. The second-order valence-corrected chi connectivity index (χ2v) is 10.7. The molecule has 0 heteroatoms. The quantitative estimate of drug-likeness (QED) is 0.389. The first-order valence-electron chi connectivity index (χ1n) is 13.3. The maximum atomic E-state index is 3.84. The lowest BCUT2D eigenvalue weighted by molar-refractivity contribution is 0.137. The summed E-state index contributed by atoms with van der Waals surface area (Å²) in [7, 11) is 0. The van der Waals surface area contributed by atoms with E-state index in [1.807, 2.05) is 6.08 Å². The third-order valence-electron chi connectivity index (χ3n) is 8.82. The highest BCUT2D eigenvalue weighted by atomic mass is 14.4. The molecule has 0 aliphatic heterocycles. The van der Waals surface area contributed by atoms with E-state index in [2.05, 4.69) is 62.1 Å². The van der Waals surface area contributed by atoms with Crippen LogP contribution in [0.2, 0.25) is 0 Å². The lowest BCUT2D eigenvalue weighted by atomic mass is 9.66. The molecule has 3 aliphatic rings. The van der Waals surface area contributed by atoms with Crippen molar-refractivity contribution in [3.05, 3.63) is 72.4 Å². The molecule has 0 saturated heterocycles. The van der Waals surface area contributed by atoms with Crippen molar-refractivity contribution < 1.29 is 0 Å². The summed E-state index contributed by atoms with van der Waals surface area (Å²) >= 11 is 0. The van der Waals surface area contributed by atoms with Crippen LogP contribution < -0.4 is 0 Å². The van der Waals surface area contributed by atoms with Crippen LogP contribution in [0, 0.1) is 29.6 Å². The van der Waals surface area contributed by atoms with E-state index in [4.69, 9.17) is 0 Å². The zero-order valence-corrected chi connectivity index (χ0v) is 19.9. The molecule has 2 unspecified atom stereocenters. The van der Waals surface area contributed by atoms with E-state index >= 15 is 0 Å². The highest BCUT2D eigenvalue weighted by molar-refractivity contribution is 5.29. The molecule has 1 aromatic carbocycles. The minimum atomic E-state index is 0.633. The fourth-order valence-electron chi connectivity index (χ4n) is 6.84. The van der Waals surface area contributed by atoms with Gasteiger partial charge in [0.05, 0.1) is 0 Å². The second-order valence-electron chi connectivity index (χ2n) is 10.7. The zero-order chi connectivity index (χ0) is 21.5. The molecule has 0 bridgehead atoms. The summed E-state index contributed by atoms with van der Waals surface area (Å²) in [5, 5.41) is 0. The lowest BCUT2D eigenvalue weighted by Gasteiger charge is -2.40. The Kier molecular flexibility index (Phi) is 8.28. The van der Waals surface area contributed by atoms with E-state index in [1.165, 1.54) is 75.3 Å². The Morgan fingerprint density at radius 2 is 1.42 bits per heavy atom. The first-order valence-corrected chi connectivity index (χ1v) is 13.3. The van der Waals surface area contributed by atoms with Gasteiger partial charge in [-0.15, -0.1) is 6.58 Å². The van der Waals surface area contributed by atoms with Gasteiger partial charge >= 0.3 is 0 Å². The molecule has 3 aliphatic carbocycles. The molecule has 0 spiro atoms. The van der Waals surface area contributed by atoms with Gasteiger partial charge in [-0.25, -0.2) is 0 Å². The molecule has 0 radical (unpaired) electrons. The maximum Gasteiger partial charge on any atom is 0.00182 e. The van der Waals surface area contributed by atoms with Gasteiger partial charge in [0.15, 0.2) is 0 Å². The smallest absolute Gasteiger partial charge is 0.00182 e. The summed E-state index contributed by atoms with van der Waals surface area (Å²) in [6.07, 6.45) is 28.6. The zero-order valence-electron chi connectivity index (χ0n) is 19.9. The van der Waals surface area contributed by atoms with Gasteiger partial charge in [-0.05, 0) is 125 Å². The SMILES string of the molecule is C=CCCc1ccc(C2C=CC(C3CCC(C4CCC(/C=C/C)CC4)CC3)CC2)cc1. The number of allylic oxidation sites excluding steroid dienone is 5. The fraction of sp³-hybridized carbons (Fsp3) is 0.613. The highest BCUT2D eigenvalue weighted by Crippen LogP contribution is 2.45. The number of hydrogen-bond acceptors (Lipinski definition) is 0. The molecule has 168 valence electrons. The van der Waals surface area contributed by atoms with Gasteiger partial charge < -0.3 is 0 Å².